The smallest absolute Gasteiger partial charge is 0.270 e. The van der Waals surface area contributed by atoms with Crippen molar-refractivity contribution < 1.29 is 9.53 Å². The molecule has 0 aromatic carbocycles. The number of nitrogens with one attached hydrogen (secondary N) is 2. The van der Waals surface area contributed by atoms with E-state index < -0.39 is 0 Å². The largest absolute Gasteiger partial charge is 0.366 e. The van der Waals surface area contributed by atoms with Gasteiger partial charge in [-0.25, -0.2) is 4.98 Å². The summed E-state index contributed by atoms with van der Waals surface area (Å²) in [6.07, 6.45) is 3.14. The van der Waals surface area contributed by atoms with E-state index in [0.29, 0.717) is 36.2 Å². The van der Waals surface area contributed by atoms with E-state index in [9.17, 15) is 4.79 Å². The predicted octanol–water partition coefficient (Wildman–Crippen LogP) is 1.95. The van der Waals surface area contributed by atoms with Crippen LogP contribution in [-0.4, -0.2) is 50.7 Å². The Morgan fingerprint density at radius 3 is 3.18 bits per heavy atom. The van der Waals surface area contributed by atoms with E-state index in [1.165, 1.54) is 0 Å². The van der Waals surface area contributed by atoms with Gasteiger partial charge in [0.1, 0.15) is 17.6 Å². The minimum absolute atomic E-state index is 0.0930. The average molecular weight is 324 g/mol. The van der Waals surface area contributed by atoms with Crippen LogP contribution in [0.5, 0.6) is 0 Å². The lowest BCUT2D eigenvalue weighted by atomic mass is 10.2. The minimum Gasteiger partial charge on any atom is -0.366 e. The third-order valence-corrected chi connectivity index (χ3v) is 3.77. The standard InChI is InChI=1S/C14H18ClN5O2/c1-2-3-12-17-13(19-18-12)11-8-20(4-5-22-11)14(21)10-6-9(15)7-16-10/h6-7,11,16H,2-5,8H2,1H3,(H,17,18,19)/t11-/m1/s1. The number of carbonyl (C=O) groups is 1. The van der Waals surface area contributed by atoms with Crippen LogP contribution in [0.15, 0.2) is 12.3 Å². The van der Waals surface area contributed by atoms with Crippen LogP contribution in [0.25, 0.3) is 0 Å². The number of nitrogens with zero attached hydrogens (tertiary/aromatic N) is 3. The highest BCUT2D eigenvalue weighted by atomic mass is 35.5. The number of morpholine rings is 1. The topological polar surface area (TPSA) is 86.9 Å². The molecule has 3 heterocycles. The molecule has 2 aromatic heterocycles. The molecule has 1 atom stereocenters. The molecule has 0 bridgehead atoms. The maximum Gasteiger partial charge on any atom is 0.270 e. The quantitative estimate of drug-likeness (QED) is 0.900. The maximum atomic E-state index is 12.4. The molecule has 2 N–H and O–H groups in total. The summed E-state index contributed by atoms with van der Waals surface area (Å²) in [6, 6.07) is 1.63. The number of hydrogen-bond donors (Lipinski definition) is 2. The number of ether oxygens (including phenoxy) is 1. The summed E-state index contributed by atoms with van der Waals surface area (Å²) < 4.78 is 5.70. The van der Waals surface area contributed by atoms with Gasteiger partial charge >= 0.3 is 0 Å². The summed E-state index contributed by atoms with van der Waals surface area (Å²) in [6.45, 7) is 3.51. The Morgan fingerprint density at radius 2 is 2.45 bits per heavy atom. The van der Waals surface area contributed by atoms with Gasteiger partial charge in [-0.1, -0.05) is 18.5 Å². The number of carbonyl (C=O) groups excluding carboxylic acids is 1. The van der Waals surface area contributed by atoms with Crippen molar-refractivity contribution >= 4 is 17.5 Å². The molecule has 22 heavy (non-hydrogen) atoms. The van der Waals surface area contributed by atoms with Gasteiger partial charge < -0.3 is 14.6 Å². The second kappa shape index (κ2) is 6.50. The lowest BCUT2D eigenvalue weighted by Crippen LogP contribution is -2.42. The number of hydrogen-bond acceptors (Lipinski definition) is 4. The molecule has 2 aromatic rings. The van der Waals surface area contributed by atoms with Crippen molar-refractivity contribution in [3.05, 3.63) is 34.6 Å². The summed E-state index contributed by atoms with van der Waals surface area (Å²) >= 11 is 5.85. The number of aromatic amines is 2. The molecular weight excluding hydrogens is 306 g/mol. The summed E-state index contributed by atoms with van der Waals surface area (Å²) in [4.78, 5) is 21.5. The van der Waals surface area contributed by atoms with Crippen LogP contribution in [0.4, 0.5) is 0 Å². The third-order valence-electron chi connectivity index (χ3n) is 3.56. The first-order valence-corrected chi connectivity index (χ1v) is 7.71. The maximum absolute atomic E-state index is 12.4. The third kappa shape index (κ3) is 3.15. The number of H-pyrrole nitrogens is 2. The molecule has 1 amide bonds. The van der Waals surface area contributed by atoms with Gasteiger partial charge in [0.2, 0.25) is 0 Å². The van der Waals surface area contributed by atoms with Gasteiger partial charge in [0.15, 0.2) is 5.82 Å². The predicted molar refractivity (Wildman–Crippen MR) is 80.8 cm³/mol. The second-order valence-electron chi connectivity index (χ2n) is 5.23. The van der Waals surface area contributed by atoms with Crippen molar-refractivity contribution in [1.82, 2.24) is 25.1 Å². The van der Waals surface area contributed by atoms with Gasteiger partial charge in [-0.15, -0.1) is 0 Å². The van der Waals surface area contributed by atoms with E-state index in [-0.39, 0.29) is 12.0 Å². The fourth-order valence-electron chi connectivity index (χ4n) is 2.45. The summed E-state index contributed by atoms with van der Waals surface area (Å²) in [5, 5.41) is 7.64. The minimum atomic E-state index is -0.301. The molecular formula is C14H18ClN5O2. The number of aryl methyl sites for hydroxylation is 1. The fourth-order valence-corrected chi connectivity index (χ4v) is 2.62. The van der Waals surface area contributed by atoms with Gasteiger partial charge in [0.05, 0.1) is 18.2 Å². The Labute approximate surface area is 133 Å². The molecule has 7 nitrogen and oxygen atoms in total. The Bertz CT molecular complexity index is 653. The Balaban J connectivity index is 1.69. The number of aromatic nitrogens is 4. The van der Waals surface area contributed by atoms with Gasteiger partial charge in [-0.2, -0.15) is 5.10 Å². The van der Waals surface area contributed by atoms with E-state index in [1.807, 2.05) is 0 Å². The highest BCUT2D eigenvalue weighted by molar-refractivity contribution is 6.30. The summed E-state index contributed by atoms with van der Waals surface area (Å²) in [7, 11) is 0. The molecule has 0 aliphatic carbocycles. The Hall–Kier alpha value is -1.86. The Morgan fingerprint density at radius 1 is 1.59 bits per heavy atom. The summed E-state index contributed by atoms with van der Waals surface area (Å²) in [5.74, 6) is 1.36. The van der Waals surface area contributed by atoms with Crippen LogP contribution in [0.3, 0.4) is 0 Å². The second-order valence-corrected chi connectivity index (χ2v) is 5.67. The van der Waals surface area contributed by atoms with Crippen LogP contribution >= 0.6 is 11.6 Å². The molecule has 8 heteroatoms. The van der Waals surface area contributed by atoms with E-state index in [4.69, 9.17) is 16.3 Å². The first-order valence-electron chi connectivity index (χ1n) is 7.33. The molecule has 0 saturated carbocycles. The number of amides is 1. The Kier molecular flexibility index (Phi) is 4.44. The first-order chi connectivity index (χ1) is 10.7. The van der Waals surface area contributed by atoms with Crippen molar-refractivity contribution in [2.45, 2.75) is 25.9 Å². The number of halogens is 1. The zero-order chi connectivity index (χ0) is 15.5. The van der Waals surface area contributed by atoms with Crippen molar-refractivity contribution in [1.29, 1.82) is 0 Å². The van der Waals surface area contributed by atoms with Crippen LogP contribution in [-0.2, 0) is 11.2 Å². The van der Waals surface area contributed by atoms with Crippen molar-refractivity contribution in [2.24, 2.45) is 0 Å². The van der Waals surface area contributed by atoms with Crippen molar-refractivity contribution in [3.63, 3.8) is 0 Å². The van der Waals surface area contributed by atoms with Crippen LogP contribution in [0.1, 0.15) is 41.6 Å². The highest BCUT2D eigenvalue weighted by Crippen LogP contribution is 2.21. The molecule has 1 aliphatic heterocycles. The number of rotatable bonds is 4. The summed E-state index contributed by atoms with van der Waals surface area (Å²) in [5.41, 5.74) is 0.479. The molecule has 0 radical (unpaired) electrons. The molecule has 3 rings (SSSR count). The molecule has 0 unspecified atom stereocenters. The molecule has 118 valence electrons. The van der Waals surface area contributed by atoms with E-state index in [2.05, 4.69) is 27.1 Å². The highest BCUT2D eigenvalue weighted by Gasteiger charge is 2.29. The van der Waals surface area contributed by atoms with Gasteiger partial charge in [0, 0.05) is 19.2 Å². The van der Waals surface area contributed by atoms with Crippen molar-refractivity contribution in [3.8, 4) is 0 Å². The van der Waals surface area contributed by atoms with Gasteiger partial charge in [-0.05, 0) is 12.5 Å². The SMILES string of the molecule is CCCc1nc([C@H]2CN(C(=O)c3cc(Cl)c[nH]3)CCO2)n[nH]1. The molecule has 0 spiro atoms. The zero-order valence-electron chi connectivity index (χ0n) is 12.3. The lowest BCUT2D eigenvalue weighted by Gasteiger charge is -2.31. The van der Waals surface area contributed by atoms with E-state index in [0.717, 1.165) is 18.7 Å². The van der Waals surface area contributed by atoms with Crippen molar-refractivity contribution in [2.75, 3.05) is 19.7 Å². The average Bonchev–Trinajstić information content (AvgIpc) is 3.16. The van der Waals surface area contributed by atoms with E-state index in [1.54, 1.807) is 17.2 Å². The first kappa shape index (κ1) is 15.1. The van der Waals surface area contributed by atoms with Crippen LogP contribution in [0.2, 0.25) is 5.02 Å². The molecule has 1 aliphatic rings. The molecule has 1 fully saturated rings. The van der Waals surface area contributed by atoms with E-state index >= 15 is 0 Å². The van der Waals surface area contributed by atoms with Crippen LogP contribution < -0.4 is 0 Å². The fraction of sp³-hybridized carbons (Fsp3) is 0.500. The monoisotopic (exact) mass is 323 g/mol. The molecule has 1 saturated heterocycles. The normalized spacial score (nSPS) is 18.6. The lowest BCUT2D eigenvalue weighted by molar-refractivity contribution is -0.0268. The van der Waals surface area contributed by atoms with Gasteiger partial charge in [-0.3, -0.25) is 9.89 Å². The zero-order valence-corrected chi connectivity index (χ0v) is 13.1. The van der Waals surface area contributed by atoms with Crippen LogP contribution in [0, 0.1) is 0 Å². The van der Waals surface area contributed by atoms with Gasteiger partial charge in [0.25, 0.3) is 5.91 Å².